The topological polar surface area (TPSA) is 75.6 Å². The first-order valence-corrected chi connectivity index (χ1v) is 6.27. The number of aromatic nitrogens is 4. The van der Waals surface area contributed by atoms with E-state index in [2.05, 4.69) is 15.5 Å². The summed E-state index contributed by atoms with van der Waals surface area (Å²) >= 11 is 0. The van der Waals surface area contributed by atoms with Crippen LogP contribution in [0.2, 0.25) is 0 Å². The van der Waals surface area contributed by atoms with E-state index in [-0.39, 0.29) is 5.69 Å². The Morgan fingerprint density at radius 3 is 2.81 bits per heavy atom. The van der Waals surface area contributed by atoms with Gasteiger partial charge in [-0.2, -0.15) is 23.4 Å². The van der Waals surface area contributed by atoms with E-state index in [0.29, 0.717) is 25.6 Å². The van der Waals surface area contributed by atoms with Crippen molar-refractivity contribution in [2.24, 2.45) is 0 Å². The Kier molecular flexibility index (Phi) is 4.29. The van der Waals surface area contributed by atoms with Crippen LogP contribution in [0.3, 0.4) is 0 Å². The highest BCUT2D eigenvalue weighted by atomic mass is 19.4. The second-order valence-electron chi connectivity index (χ2n) is 4.47. The minimum atomic E-state index is -4.54. The molecule has 0 aromatic carbocycles. The third kappa shape index (κ3) is 3.83. The molecule has 2 aromatic rings. The fraction of sp³-hybridized carbons (Fsp3) is 0.417. The molecule has 0 aliphatic carbocycles. The first kappa shape index (κ1) is 15.1. The number of carbonyl (C=O) groups is 1. The van der Waals surface area contributed by atoms with Gasteiger partial charge in [-0.1, -0.05) is 0 Å². The van der Waals surface area contributed by atoms with Gasteiger partial charge in [-0.15, -0.1) is 0 Å². The van der Waals surface area contributed by atoms with E-state index in [9.17, 15) is 18.0 Å². The molecule has 2 N–H and O–H groups in total. The molecular formula is C12H14F3N5O. The molecule has 0 spiro atoms. The highest BCUT2D eigenvalue weighted by Crippen LogP contribution is 2.27. The summed E-state index contributed by atoms with van der Waals surface area (Å²) in [5.41, 5.74) is -0.319. The molecule has 0 fully saturated rings. The number of H-pyrrole nitrogens is 1. The first-order chi connectivity index (χ1) is 9.88. The molecule has 2 aromatic heterocycles. The lowest BCUT2D eigenvalue weighted by Crippen LogP contribution is -2.25. The van der Waals surface area contributed by atoms with Crippen molar-refractivity contribution in [1.29, 1.82) is 0 Å². The van der Waals surface area contributed by atoms with E-state index in [1.54, 1.807) is 16.0 Å². The Balaban J connectivity index is 1.80. The van der Waals surface area contributed by atoms with Crippen molar-refractivity contribution in [3.8, 4) is 0 Å². The number of halogens is 3. The quantitative estimate of drug-likeness (QED) is 0.826. The maximum atomic E-state index is 12.4. The van der Waals surface area contributed by atoms with Gasteiger partial charge in [0.05, 0.1) is 0 Å². The second-order valence-corrected chi connectivity index (χ2v) is 4.47. The van der Waals surface area contributed by atoms with Crippen LogP contribution in [0.15, 0.2) is 18.3 Å². The molecule has 21 heavy (non-hydrogen) atoms. The van der Waals surface area contributed by atoms with E-state index >= 15 is 0 Å². The van der Waals surface area contributed by atoms with Gasteiger partial charge in [0.2, 0.25) is 0 Å². The van der Waals surface area contributed by atoms with Crippen LogP contribution < -0.4 is 5.32 Å². The number of hydrogen-bond acceptors (Lipinski definition) is 3. The van der Waals surface area contributed by atoms with Gasteiger partial charge in [-0.3, -0.25) is 14.6 Å². The predicted octanol–water partition coefficient (Wildman–Crippen LogP) is 1.75. The molecule has 114 valence electrons. The van der Waals surface area contributed by atoms with Gasteiger partial charge in [0, 0.05) is 31.0 Å². The van der Waals surface area contributed by atoms with Crippen LogP contribution in [0.25, 0.3) is 0 Å². The van der Waals surface area contributed by atoms with Crippen molar-refractivity contribution in [3.63, 3.8) is 0 Å². The second kappa shape index (κ2) is 5.98. The molecule has 9 heteroatoms. The standard InChI is InChI=1S/C12H14F3N5O/c1-8-3-5-17-20(8)6-2-4-16-11(21)9-7-10(19-18-9)12(13,14)15/h3,5,7H,2,4,6H2,1H3,(H,16,21)(H,18,19). The summed E-state index contributed by atoms with van der Waals surface area (Å²) in [5.74, 6) is -0.640. The van der Waals surface area contributed by atoms with Crippen molar-refractivity contribution >= 4 is 5.91 Å². The minimum Gasteiger partial charge on any atom is -0.351 e. The Bertz CT molecular complexity index is 616. The highest BCUT2D eigenvalue weighted by molar-refractivity contribution is 5.92. The van der Waals surface area contributed by atoms with Crippen LogP contribution in [-0.2, 0) is 12.7 Å². The number of nitrogens with one attached hydrogen (secondary N) is 2. The van der Waals surface area contributed by atoms with Gasteiger partial charge in [-0.05, 0) is 19.4 Å². The number of amides is 1. The summed E-state index contributed by atoms with van der Waals surface area (Å²) < 4.78 is 38.8. The molecule has 6 nitrogen and oxygen atoms in total. The van der Waals surface area contributed by atoms with Gasteiger partial charge in [-0.25, -0.2) is 0 Å². The minimum absolute atomic E-state index is 0.280. The molecule has 0 bridgehead atoms. The summed E-state index contributed by atoms with van der Waals surface area (Å²) in [6, 6.07) is 2.55. The molecular weight excluding hydrogens is 287 g/mol. The zero-order chi connectivity index (χ0) is 15.5. The zero-order valence-corrected chi connectivity index (χ0v) is 11.2. The van der Waals surface area contributed by atoms with Gasteiger partial charge < -0.3 is 5.32 Å². The van der Waals surface area contributed by atoms with Crippen LogP contribution in [-0.4, -0.2) is 32.4 Å². The number of alkyl halides is 3. The Labute approximate surface area is 118 Å². The van der Waals surface area contributed by atoms with Crippen LogP contribution in [0, 0.1) is 6.92 Å². The lowest BCUT2D eigenvalue weighted by molar-refractivity contribution is -0.141. The first-order valence-electron chi connectivity index (χ1n) is 6.27. The van der Waals surface area contributed by atoms with Crippen molar-refractivity contribution in [1.82, 2.24) is 25.3 Å². The molecule has 0 saturated heterocycles. The maximum Gasteiger partial charge on any atom is 0.432 e. The van der Waals surface area contributed by atoms with E-state index in [1.165, 1.54) is 0 Å². The van der Waals surface area contributed by atoms with E-state index in [4.69, 9.17) is 0 Å². The van der Waals surface area contributed by atoms with E-state index in [1.807, 2.05) is 13.0 Å². The average molecular weight is 301 g/mol. The number of nitrogens with zero attached hydrogens (tertiary/aromatic N) is 3. The van der Waals surface area contributed by atoms with E-state index < -0.39 is 17.8 Å². The fourth-order valence-corrected chi connectivity index (χ4v) is 1.74. The molecule has 2 heterocycles. The lowest BCUT2D eigenvalue weighted by atomic mass is 10.3. The summed E-state index contributed by atoms with van der Waals surface area (Å²) in [6.07, 6.45) is -2.25. The summed E-state index contributed by atoms with van der Waals surface area (Å²) in [5, 5.41) is 11.7. The maximum absolute atomic E-state index is 12.4. The number of rotatable bonds is 5. The van der Waals surface area contributed by atoms with Crippen molar-refractivity contribution in [2.75, 3.05) is 6.54 Å². The van der Waals surface area contributed by atoms with Crippen molar-refractivity contribution < 1.29 is 18.0 Å². The van der Waals surface area contributed by atoms with Crippen molar-refractivity contribution in [3.05, 3.63) is 35.4 Å². The molecule has 0 atom stereocenters. The number of aryl methyl sites for hydroxylation is 2. The molecule has 0 aliphatic heterocycles. The highest BCUT2D eigenvalue weighted by Gasteiger charge is 2.33. The largest absolute Gasteiger partial charge is 0.432 e. The number of hydrogen-bond donors (Lipinski definition) is 2. The molecule has 0 unspecified atom stereocenters. The third-order valence-corrected chi connectivity index (χ3v) is 2.88. The molecule has 0 radical (unpaired) electrons. The van der Waals surface area contributed by atoms with Crippen LogP contribution in [0.4, 0.5) is 13.2 Å². The summed E-state index contributed by atoms with van der Waals surface area (Å²) in [7, 11) is 0. The van der Waals surface area contributed by atoms with Crippen LogP contribution in [0.5, 0.6) is 0 Å². The number of aromatic amines is 1. The fourth-order valence-electron chi connectivity index (χ4n) is 1.74. The van der Waals surface area contributed by atoms with Gasteiger partial charge >= 0.3 is 6.18 Å². The van der Waals surface area contributed by atoms with Gasteiger partial charge in [0.15, 0.2) is 5.69 Å². The van der Waals surface area contributed by atoms with Crippen LogP contribution in [0.1, 0.15) is 28.3 Å². The third-order valence-electron chi connectivity index (χ3n) is 2.88. The average Bonchev–Trinajstić information content (AvgIpc) is 3.03. The van der Waals surface area contributed by atoms with Gasteiger partial charge in [0.25, 0.3) is 5.91 Å². The SMILES string of the molecule is Cc1ccnn1CCCNC(=O)c1cc(C(F)(F)F)[nH]n1. The Morgan fingerprint density at radius 2 is 2.24 bits per heavy atom. The Morgan fingerprint density at radius 1 is 1.48 bits per heavy atom. The summed E-state index contributed by atoms with van der Waals surface area (Å²) in [6.45, 7) is 2.85. The molecule has 0 saturated carbocycles. The lowest BCUT2D eigenvalue weighted by Gasteiger charge is -2.05. The van der Waals surface area contributed by atoms with Crippen molar-refractivity contribution in [2.45, 2.75) is 26.1 Å². The normalized spacial score (nSPS) is 11.6. The monoisotopic (exact) mass is 301 g/mol. The number of carbonyl (C=O) groups excluding carboxylic acids is 1. The van der Waals surface area contributed by atoms with E-state index in [0.717, 1.165) is 5.69 Å². The summed E-state index contributed by atoms with van der Waals surface area (Å²) in [4.78, 5) is 11.6. The molecule has 0 aliphatic rings. The molecule has 2 rings (SSSR count). The Hall–Kier alpha value is -2.32. The smallest absolute Gasteiger partial charge is 0.351 e. The predicted molar refractivity (Wildman–Crippen MR) is 67.5 cm³/mol. The van der Waals surface area contributed by atoms with Gasteiger partial charge in [0.1, 0.15) is 5.69 Å². The molecule has 1 amide bonds. The zero-order valence-electron chi connectivity index (χ0n) is 11.2. The van der Waals surface area contributed by atoms with Crippen LogP contribution >= 0.6 is 0 Å².